The van der Waals surface area contributed by atoms with Crippen molar-refractivity contribution in [2.45, 2.75) is 51.9 Å². The normalized spacial score (nSPS) is 12.8. The van der Waals surface area contributed by atoms with Gasteiger partial charge >= 0.3 is 0 Å². The van der Waals surface area contributed by atoms with Gasteiger partial charge < -0.3 is 20.1 Å². The minimum Gasteiger partial charge on any atom is -0.493 e. The number of carbonyl (C=O) groups excluding carboxylic acids is 3. The first-order valence-electron chi connectivity index (χ1n) is 11.4. The summed E-state index contributed by atoms with van der Waals surface area (Å²) in [5, 5.41) is 6.28. The SMILES string of the molecule is COc1ccc(NC(=O)CCNC(=O)CC/C=N\c2sc3c(c2C(C)=O)CCCC3)cc1OC. The number of rotatable bonds is 11. The van der Waals surface area contributed by atoms with Crippen molar-refractivity contribution in [3.05, 3.63) is 34.2 Å². The molecule has 9 heteroatoms. The average Bonchev–Trinajstić information content (AvgIpc) is 3.20. The van der Waals surface area contributed by atoms with Crippen LogP contribution >= 0.6 is 11.3 Å². The predicted molar refractivity (Wildman–Crippen MR) is 134 cm³/mol. The maximum atomic E-state index is 12.2. The van der Waals surface area contributed by atoms with E-state index in [1.54, 1.807) is 49.8 Å². The Bertz CT molecular complexity index is 1080. The zero-order valence-electron chi connectivity index (χ0n) is 19.9. The third kappa shape index (κ3) is 6.66. The molecular weight excluding hydrogens is 454 g/mol. The van der Waals surface area contributed by atoms with Gasteiger partial charge in [-0.15, -0.1) is 11.3 Å². The highest BCUT2D eigenvalue weighted by Crippen LogP contribution is 2.40. The second kappa shape index (κ2) is 12.3. The minimum atomic E-state index is -0.215. The Morgan fingerprint density at radius 3 is 2.56 bits per heavy atom. The number of hydrogen-bond donors (Lipinski definition) is 2. The molecule has 1 aromatic heterocycles. The first-order chi connectivity index (χ1) is 16.4. The Hall–Kier alpha value is -3.20. The van der Waals surface area contributed by atoms with Crippen LogP contribution < -0.4 is 20.1 Å². The topological polar surface area (TPSA) is 106 Å². The van der Waals surface area contributed by atoms with Gasteiger partial charge in [0, 0.05) is 42.2 Å². The summed E-state index contributed by atoms with van der Waals surface area (Å²) in [6, 6.07) is 5.11. The summed E-state index contributed by atoms with van der Waals surface area (Å²) in [6.07, 6.45) is 6.80. The highest BCUT2D eigenvalue weighted by atomic mass is 32.1. The van der Waals surface area contributed by atoms with Crippen LogP contribution in [-0.4, -0.2) is 44.6 Å². The average molecular weight is 486 g/mol. The number of anilines is 1. The van der Waals surface area contributed by atoms with E-state index in [0.29, 0.717) is 23.6 Å². The number of methoxy groups -OCH3 is 2. The fourth-order valence-corrected chi connectivity index (χ4v) is 5.19. The number of aryl methyl sites for hydroxylation is 1. The van der Waals surface area contributed by atoms with Crippen molar-refractivity contribution in [3.63, 3.8) is 0 Å². The summed E-state index contributed by atoms with van der Waals surface area (Å²) in [5.74, 6) is 0.784. The van der Waals surface area contributed by atoms with E-state index in [0.717, 1.165) is 36.2 Å². The summed E-state index contributed by atoms with van der Waals surface area (Å²) < 4.78 is 10.4. The lowest BCUT2D eigenvalue weighted by Crippen LogP contribution is -2.27. The fraction of sp³-hybridized carbons (Fsp3) is 0.440. The zero-order valence-corrected chi connectivity index (χ0v) is 20.7. The number of carbonyl (C=O) groups is 3. The Morgan fingerprint density at radius 1 is 1.06 bits per heavy atom. The van der Waals surface area contributed by atoms with E-state index in [1.165, 1.54) is 17.6 Å². The minimum absolute atomic E-state index is 0.0515. The van der Waals surface area contributed by atoms with Crippen LogP contribution in [0.4, 0.5) is 10.7 Å². The molecule has 0 atom stereocenters. The lowest BCUT2D eigenvalue weighted by molar-refractivity contribution is -0.121. The second-order valence-corrected chi connectivity index (χ2v) is 9.10. The molecule has 0 radical (unpaired) electrons. The molecule has 1 aromatic carbocycles. The molecule has 0 saturated carbocycles. The van der Waals surface area contributed by atoms with E-state index in [9.17, 15) is 14.4 Å². The van der Waals surface area contributed by atoms with Gasteiger partial charge in [0.2, 0.25) is 11.8 Å². The summed E-state index contributed by atoms with van der Waals surface area (Å²) in [7, 11) is 3.07. The van der Waals surface area contributed by atoms with E-state index in [1.807, 2.05) is 0 Å². The smallest absolute Gasteiger partial charge is 0.226 e. The van der Waals surface area contributed by atoms with Crippen LogP contribution in [0.3, 0.4) is 0 Å². The number of ketones is 1. The van der Waals surface area contributed by atoms with Gasteiger partial charge in [0.1, 0.15) is 5.00 Å². The Labute approximate surface area is 203 Å². The number of ether oxygens (including phenoxy) is 2. The summed E-state index contributed by atoms with van der Waals surface area (Å²) in [4.78, 5) is 42.1. The predicted octanol–water partition coefficient (Wildman–Crippen LogP) is 4.47. The molecule has 2 amide bonds. The Balaban J connectivity index is 1.41. The third-order valence-electron chi connectivity index (χ3n) is 5.56. The molecule has 8 nitrogen and oxygen atoms in total. The van der Waals surface area contributed by atoms with Gasteiger partial charge in [-0.05, 0) is 56.7 Å². The summed E-state index contributed by atoms with van der Waals surface area (Å²) in [5.41, 5.74) is 2.51. The molecule has 2 aromatic rings. The monoisotopic (exact) mass is 485 g/mol. The molecule has 0 aliphatic heterocycles. The van der Waals surface area contributed by atoms with Gasteiger partial charge in [-0.1, -0.05) is 0 Å². The molecule has 0 saturated heterocycles. The molecule has 0 unspecified atom stereocenters. The van der Waals surface area contributed by atoms with E-state index < -0.39 is 0 Å². The standard InChI is InChI=1S/C25H31N3O5S/c1-16(29)24-18-7-4-5-8-21(18)34-25(24)27-13-6-9-22(30)26-14-12-23(31)28-17-10-11-19(32-2)20(15-17)33-3/h10-11,13,15H,4-9,12,14H2,1-3H3,(H,26,30)(H,28,31)/b27-13-. The van der Waals surface area contributed by atoms with Crippen molar-refractivity contribution in [3.8, 4) is 11.5 Å². The van der Waals surface area contributed by atoms with Crippen LogP contribution in [0, 0.1) is 0 Å². The highest BCUT2D eigenvalue weighted by molar-refractivity contribution is 7.16. The second-order valence-electron chi connectivity index (χ2n) is 8.02. The van der Waals surface area contributed by atoms with E-state index in [2.05, 4.69) is 15.6 Å². The molecule has 182 valence electrons. The number of amides is 2. The molecule has 34 heavy (non-hydrogen) atoms. The number of hydrogen-bond acceptors (Lipinski definition) is 7. The number of fused-ring (bicyclic) bond motifs is 1. The molecule has 0 spiro atoms. The number of benzene rings is 1. The van der Waals surface area contributed by atoms with Gasteiger partial charge in [-0.25, -0.2) is 4.99 Å². The quantitative estimate of drug-likeness (QED) is 0.361. The van der Waals surface area contributed by atoms with Crippen molar-refractivity contribution in [1.82, 2.24) is 5.32 Å². The molecule has 1 aliphatic carbocycles. The van der Waals surface area contributed by atoms with Crippen LogP contribution in [0.5, 0.6) is 11.5 Å². The van der Waals surface area contributed by atoms with Crippen molar-refractivity contribution in [1.29, 1.82) is 0 Å². The van der Waals surface area contributed by atoms with Gasteiger partial charge in [0.05, 0.1) is 19.8 Å². The number of Topliss-reactive ketones (excluding diaryl/α,β-unsaturated/α-hetero) is 1. The van der Waals surface area contributed by atoms with E-state index in [-0.39, 0.29) is 37.0 Å². The molecule has 0 fully saturated rings. The van der Waals surface area contributed by atoms with Crippen molar-refractivity contribution in [2.75, 3.05) is 26.1 Å². The molecular formula is C25H31N3O5S. The van der Waals surface area contributed by atoms with Crippen LogP contribution in [0.1, 0.15) is 59.8 Å². The van der Waals surface area contributed by atoms with Crippen molar-refractivity contribution >= 4 is 45.8 Å². The lowest BCUT2D eigenvalue weighted by Gasteiger charge is -2.11. The largest absolute Gasteiger partial charge is 0.493 e. The number of nitrogens with zero attached hydrogens (tertiary/aromatic N) is 1. The highest BCUT2D eigenvalue weighted by Gasteiger charge is 2.22. The summed E-state index contributed by atoms with van der Waals surface area (Å²) >= 11 is 1.59. The van der Waals surface area contributed by atoms with Crippen molar-refractivity contribution in [2.24, 2.45) is 4.99 Å². The zero-order chi connectivity index (χ0) is 24.5. The Kier molecular flexibility index (Phi) is 9.21. The van der Waals surface area contributed by atoms with E-state index >= 15 is 0 Å². The number of nitrogens with one attached hydrogen (secondary N) is 2. The first kappa shape index (κ1) is 25.4. The number of aliphatic imine (C=N–C) groups is 1. The van der Waals surface area contributed by atoms with E-state index in [4.69, 9.17) is 9.47 Å². The summed E-state index contributed by atoms with van der Waals surface area (Å²) in [6.45, 7) is 1.83. The Morgan fingerprint density at radius 2 is 1.82 bits per heavy atom. The third-order valence-corrected chi connectivity index (χ3v) is 6.76. The first-order valence-corrected chi connectivity index (χ1v) is 12.2. The molecule has 3 rings (SSSR count). The van der Waals surface area contributed by atoms with Crippen LogP contribution in [0.15, 0.2) is 23.2 Å². The lowest BCUT2D eigenvalue weighted by atomic mass is 9.94. The molecule has 2 N–H and O–H groups in total. The fourth-order valence-electron chi connectivity index (χ4n) is 3.89. The van der Waals surface area contributed by atoms with Gasteiger partial charge in [-0.3, -0.25) is 14.4 Å². The van der Waals surface area contributed by atoms with Gasteiger partial charge in [-0.2, -0.15) is 0 Å². The molecule has 1 heterocycles. The van der Waals surface area contributed by atoms with Crippen molar-refractivity contribution < 1.29 is 23.9 Å². The number of thiophene rings is 1. The maximum absolute atomic E-state index is 12.2. The molecule has 0 bridgehead atoms. The molecule has 1 aliphatic rings. The van der Waals surface area contributed by atoms with Crippen LogP contribution in [-0.2, 0) is 22.4 Å². The van der Waals surface area contributed by atoms with Gasteiger partial charge in [0.25, 0.3) is 0 Å². The maximum Gasteiger partial charge on any atom is 0.226 e. The van der Waals surface area contributed by atoms with Crippen LogP contribution in [0.25, 0.3) is 0 Å². The van der Waals surface area contributed by atoms with Gasteiger partial charge in [0.15, 0.2) is 17.3 Å². The van der Waals surface area contributed by atoms with Crippen LogP contribution in [0.2, 0.25) is 0 Å².